The van der Waals surface area contributed by atoms with Crippen LogP contribution in [0, 0.1) is 10.1 Å². The Hall–Kier alpha value is -2.30. The van der Waals surface area contributed by atoms with E-state index in [1.807, 2.05) is 0 Å². The molecule has 1 aromatic rings. The molecule has 2 heterocycles. The number of esters is 1. The van der Waals surface area contributed by atoms with Crippen LogP contribution in [0.25, 0.3) is 0 Å². The van der Waals surface area contributed by atoms with Crippen molar-refractivity contribution in [2.45, 2.75) is 18.0 Å². The second kappa shape index (κ2) is 9.47. The minimum absolute atomic E-state index is 0. The zero-order valence-corrected chi connectivity index (χ0v) is 17.9. The monoisotopic (exact) mass is 460 g/mol. The van der Waals surface area contributed by atoms with Gasteiger partial charge in [-0.15, -0.1) is 24.2 Å². The van der Waals surface area contributed by atoms with Crippen molar-refractivity contribution in [1.29, 1.82) is 0 Å². The highest BCUT2D eigenvalue weighted by Crippen LogP contribution is 2.42. The predicted molar refractivity (Wildman–Crippen MR) is 112 cm³/mol. The van der Waals surface area contributed by atoms with Crippen molar-refractivity contribution >= 4 is 59.7 Å². The summed E-state index contributed by atoms with van der Waals surface area (Å²) < 4.78 is 5.27. The largest absolute Gasteiger partial charge is 0.456 e. The van der Waals surface area contributed by atoms with Gasteiger partial charge in [-0.05, 0) is 17.7 Å². The molecule has 0 bridgehead atoms. The van der Waals surface area contributed by atoms with Crippen molar-refractivity contribution in [1.82, 2.24) is 9.80 Å². The van der Waals surface area contributed by atoms with E-state index in [-0.39, 0.29) is 46.7 Å². The summed E-state index contributed by atoms with van der Waals surface area (Å²) >= 11 is 7.63. The first-order chi connectivity index (χ1) is 13.3. The Labute approximate surface area is 182 Å². The summed E-state index contributed by atoms with van der Waals surface area (Å²) in [5.74, 6) is -0.640. The molecule has 9 nitrogen and oxygen atoms in total. The van der Waals surface area contributed by atoms with Gasteiger partial charge < -0.3 is 9.64 Å². The normalized spacial score (nSPS) is 20.7. The van der Waals surface area contributed by atoms with Gasteiger partial charge in [-0.3, -0.25) is 24.8 Å². The van der Waals surface area contributed by atoms with E-state index in [1.54, 1.807) is 25.3 Å². The number of non-ortho nitro benzene ring substituents is 1. The molecule has 1 aromatic carbocycles. The van der Waals surface area contributed by atoms with E-state index in [9.17, 15) is 19.7 Å². The van der Waals surface area contributed by atoms with Gasteiger partial charge in [-0.2, -0.15) is 0 Å². The molecule has 1 amide bonds. The first-order valence-corrected chi connectivity index (χ1v) is 9.65. The van der Waals surface area contributed by atoms with Crippen LogP contribution in [0.3, 0.4) is 0 Å². The molecule has 156 valence electrons. The average molecular weight is 461 g/mol. The first-order valence-electron chi connectivity index (χ1n) is 8.23. The lowest BCUT2D eigenvalue weighted by atomic mass is 10.1. The topological polar surface area (TPSA) is 105 Å². The Morgan fingerprint density at radius 3 is 2.69 bits per heavy atom. The molecule has 2 atom stereocenters. The molecule has 0 aromatic heterocycles. The number of carbonyl (C=O) groups excluding carboxylic acids is 2. The molecule has 0 N–H and O–H groups in total. The number of benzene rings is 1. The lowest BCUT2D eigenvalue weighted by Crippen LogP contribution is -2.64. The fraction of sp³-hybridized carbons (Fsp3) is 0.353. The van der Waals surface area contributed by atoms with Gasteiger partial charge in [0, 0.05) is 32.0 Å². The summed E-state index contributed by atoms with van der Waals surface area (Å²) in [4.78, 5) is 42.5. The molecule has 2 aliphatic heterocycles. The summed E-state index contributed by atoms with van der Waals surface area (Å²) in [5, 5.41) is 10.6. The summed E-state index contributed by atoms with van der Waals surface area (Å²) in [6, 6.07) is 5.10. The summed E-state index contributed by atoms with van der Waals surface area (Å²) in [5.41, 5.74) is 0.568. The third kappa shape index (κ3) is 4.82. The fourth-order valence-electron chi connectivity index (χ4n) is 2.69. The summed E-state index contributed by atoms with van der Waals surface area (Å²) in [6.45, 7) is -0.0907. The Balaban J connectivity index is 0.00000300. The summed E-state index contributed by atoms with van der Waals surface area (Å²) in [6.07, 6.45) is 1.56. The number of nitro benzene ring substituents is 1. The number of thioether (sulfide) groups is 1. The van der Waals surface area contributed by atoms with E-state index in [0.717, 1.165) is 0 Å². The van der Waals surface area contributed by atoms with Gasteiger partial charge in [0.2, 0.25) is 0 Å². The molecule has 0 unspecified atom stereocenters. The number of carbonyl (C=O) groups is 2. The third-order valence-electron chi connectivity index (χ3n) is 4.06. The van der Waals surface area contributed by atoms with Gasteiger partial charge >= 0.3 is 5.97 Å². The van der Waals surface area contributed by atoms with Gasteiger partial charge in [0.15, 0.2) is 6.04 Å². The predicted octanol–water partition coefficient (Wildman–Crippen LogP) is 2.38. The van der Waals surface area contributed by atoms with Crippen molar-refractivity contribution in [3.63, 3.8) is 0 Å². The highest BCUT2D eigenvalue weighted by molar-refractivity contribution is 8.00. The number of hydrogen-bond acceptors (Lipinski definition) is 7. The smallest absolute Gasteiger partial charge is 0.356 e. The molecule has 12 heteroatoms. The van der Waals surface area contributed by atoms with Crippen molar-refractivity contribution in [2.75, 3.05) is 19.8 Å². The molecule has 1 saturated heterocycles. The number of halogens is 2. The van der Waals surface area contributed by atoms with Crippen LogP contribution in [0.5, 0.6) is 0 Å². The number of rotatable bonds is 6. The minimum atomic E-state index is -0.711. The average Bonchev–Trinajstić information content (AvgIpc) is 2.66. The number of amides is 1. The Morgan fingerprint density at radius 1 is 1.45 bits per heavy atom. The van der Waals surface area contributed by atoms with Crippen LogP contribution in [0.4, 0.5) is 5.69 Å². The maximum absolute atomic E-state index is 12.5. The zero-order valence-electron chi connectivity index (χ0n) is 15.5. The highest BCUT2D eigenvalue weighted by atomic mass is 35.5. The van der Waals surface area contributed by atoms with E-state index < -0.39 is 16.9 Å². The molecule has 2 aliphatic rings. The second-order valence-electron chi connectivity index (χ2n) is 6.34. The molecule has 0 spiro atoms. The molecular formula is C17H18Cl2N4O5S. The van der Waals surface area contributed by atoms with Crippen LogP contribution in [-0.2, 0) is 20.9 Å². The van der Waals surface area contributed by atoms with Crippen LogP contribution >= 0.6 is 35.8 Å². The lowest BCUT2D eigenvalue weighted by Gasteiger charge is -2.47. The zero-order chi connectivity index (χ0) is 20.4. The third-order valence-corrected chi connectivity index (χ3v) is 5.80. The maximum Gasteiger partial charge on any atom is 0.356 e. The van der Waals surface area contributed by atoms with Crippen molar-refractivity contribution in [3.05, 3.63) is 50.7 Å². The highest BCUT2D eigenvalue weighted by Gasteiger charge is 2.53. The standard InChI is InChI=1S/C17H17ClN4O5S.ClH/c1-20(2)9-19-13-15(23)21-14(12(18)8-28-16(13)21)17(24)27-7-10-3-5-11(6-4-10)22(25)26;/h3-6,9,13,16H,7-8H2,1-2H3;1H/t13-,16+;/m1./s1. The summed E-state index contributed by atoms with van der Waals surface area (Å²) in [7, 11) is 3.60. The molecule has 0 aliphatic carbocycles. The van der Waals surface area contributed by atoms with Crippen LogP contribution in [-0.4, -0.2) is 64.2 Å². The number of fused-ring (bicyclic) bond motifs is 1. The van der Waals surface area contributed by atoms with Crippen LogP contribution in [0.1, 0.15) is 5.56 Å². The van der Waals surface area contributed by atoms with Gasteiger partial charge in [0.1, 0.15) is 17.7 Å². The minimum Gasteiger partial charge on any atom is -0.456 e. The van der Waals surface area contributed by atoms with Gasteiger partial charge in [-0.25, -0.2) is 4.79 Å². The number of nitro groups is 1. The van der Waals surface area contributed by atoms with Crippen LogP contribution < -0.4 is 0 Å². The fourth-order valence-corrected chi connectivity index (χ4v) is 4.23. The first kappa shape index (κ1) is 23.0. The lowest BCUT2D eigenvalue weighted by molar-refractivity contribution is -0.384. The Bertz CT molecular complexity index is 875. The van der Waals surface area contributed by atoms with Crippen molar-refractivity contribution < 1.29 is 19.2 Å². The van der Waals surface area contributed by atoms with Crippen LogP contribution in [0.15, 0.2) is 40.0 Å². The Kier molecular flexibility index (Phi) is 7.50. The van der Waals surface area contributed by atoms with Gasteiger partial charge in [-0.1, -0.05) is 11.6 Å². The van der Waals surface area contributed by atoms with E-state index in [1.165, 1.54) is 40.9 Å². The molecule has 0 radical (unpaired) electrons. The van der Waals surface area contributed by atoms with E-state index in [2.05, 4.69) is 4.99 Å². The number of aliphatic imine (C=N–C) groups is 1. The number of nitrogens with zero attached hydrogens (tertiary/aromatic N) is 4. The van der Waals surface area contributed by atoms with E-state index in [4.69, 9.17) is 16.3 Å². The van der Waals surface area contributed by atoms with Crippen molar-refractivity contribution in [3.8, 4) is 0 Å². The number of ether oxygens (including phenoxy) is 1. The molecule has 1 fully saturated rings. The van der Waals surface area contributed by atoms with Gasteiger partial charge in [0.05, 0.1) is 16.3 Å². The molecule has 0 saturated carbocycles. The number of β-lactam (4-membered cyclic amide) rings is 1. The molecule has 3 rings (SSSR count). The maximum atomic E-state index is 12.5. The van der Waals surface area contributed by atoms with Gasteiger partial charge in [0.25, 0.3) is 11.6 Å². The molecular weight excluding hydrogens is 443 g/mol. The van der Waals surface area contributed by atoms with Crippen molar-refractivity contribution in [2.24, 2.45) is 4.99 Å². The Morgan fingerprint density at radius 2 is 2.10 bits per heavy atom. The quantitative estimate of drug-likeness (QED) is 0.160. The van der Waals surface area contributed by atoms with E-state index >= 15 is 0 Å². The SMILES string of the molecule is CN(C)C=N[C@@H]1C(=O)N2C(C(=O)OCc3ccc([N+](=O)[O-])cc3)=C(Cl)CS[C@@H]12.Cl. The van der Waals surface area contributed by atoms with Crippen LogP contribution in [0.2, 0.25) is 0 Å². The molecule has 29 heavy (non-hydrogen) atoms. The number of hydrogen-bond donors (Lipinski definition) is 0. The van der Waals surface area contributed by atoms with E-state index in [0.29, 0.717) is 11.3 Å². The second-order valence-corrected chi connectivity index (χ2v) is 7.90.